The molecule has 0 unspecified atom stereocenters. The zero-order valence-electron chi connectivity index (χ0n) is 16.3. The van der Waals surface area contributed by atoms with Gasteiger partial charge in [-0.15, -0.1) is 0 Å². The highest BCUT2D eigenvalue weighted by molar-refractivity contribution is 5.82. The van der Waals surface area contributed by atoms with Crippen LogP contribution in [0.1, 0.15) is 24.3 Å². The highest BCUT2D eigenvalue weighted by Crippen LogP contribution is 2.32. The van der Waals surface area contributed by atoms with E-state index in [1.807, 2.05) is 35.2 Å². The monoisotopic (exact) mass is 389 g/mol. The van der Waals surface area contributed by atoms with Crippen LogP contribution in [0.2, 0.25) is 0 Å². The summed E-state index contributed by atoms with van der Waals surface area (Å²) in [5.74, 6) is 0.416. The second kappa shape index (κ2) is 6.92. The molecule has 1 aromatic carbocycles. The highest BCUT2D eigenvalue weighted by Gasteiger charge is 2.26. The minimum Gasteiger partial charge on any atom is -0.346 e. The summed E-state index contributed by atoms with van der Waals surface area (Å²) in [4.78, 5) is 35.0. The Morgan fingerprint density at radius 2 is 1.90 bits per heavy atom. The molecule has 148 valence electrons. The van der Waals surface area contributed by atoms with Crippen molar-refractivity contribution in [3.63, 3.8) is 0 Å². The van der Waals surface area contributed by atoms with Crippen LogP contribution in [0.25, 0.3) is 22.1 Å². The first-order valence-corrected chi connectivity index (χ1v) is 9.97. The maximum atomic E-state index is 12.9. The molecule has 4 aromatic rings. The summed E-state index contributed by atoms with van der Waals surface area (Å²) in [6, 6.07) is 11.6. The summed E-state index contributed by atoms with van der Waals surface area (Å²) in [7, 11) is 1.74. The number of carbonyl (C=O) groups excluding carboxylic acids is 1. The molecule has 0 saturated carbocycles. The SMILES string of the molecule is Cn1c(=O)n(CC(=O)N2CCC(c3c[nH]c4ncccc34)CC2)c2ccccc21. The van der Waals surface area contributed by atoms with Gasteiger partial charge in [0.15, 0.2) is 0 Å². The van der Waals surface area contributed by atoms with E-state index in [2.05, 4.69) is 22.2 Å². The van der Waals surface area contributed by atoms with E-state index < -0.39 is 0 Å². The van der Waals surface area contributed by atoms with Crippen LogP contribution < -0.4 is 5.69 Å². The molecule has 1 aliphatic rings. The number of piperidine rings is 1. The van der Waals surface area contributed by atoms with Crippen LogP contribution in [0.5, 0.6) is 0 Å². The number of rotatable bonds is 3. The standard InChI is InChI=1S/C22H23N5O2/c1-25-18-6-2-3-7-19(18)27(22(25)29)14-20(28)26-11-8-15(9-12-26)17-13-24-21-16(17)5-4-10-23-21/h2-7,10,13,15H,8-9,11-12,14H2,1H3,(H,23,24). The Hall–Kier alpha value is -3.35. The number of pyridine rings is 1. The molecule has 1 amide bonds. The number of H-pyrrole nitrogens is 1. The summed E-state index contributed by atoms with van der Waals surface area (Å²) in [6.45, 7) is 1.49. The first kappa shape index (κ1) is 17.7. The van der Waals surface area contributed by atoms with Crippen LogP contribution in [0.4, 0.5) is 0 Å². The van der Waals surface area contributed by atoms with Crippen LogP contribution in [-0.4, -0.2) is 43.0 Å². The van der Waals surface area contributed by atoms with Crippen molar-refractivity contribution in [2.75, 3.05) is 13.1 Å². The number of amides is 1. The molecule has 1 fully saturated rings. The number of carbonyl (C=O) groups is 1. The number of fused-ring (bicyclic) bond motifs is 2. The number of hydrogen-bond acceptors (Lipinski definition) is 3. The molecule has 7 nitrogen and oxygen atoms in total. The van der Waals surface area contributed by atoms with Crippen LogP contribution in [-0.2, 0) is 18.4 Å². The molecule has 1 aliphatic heterocycles. The van der Waals surface area contributed by atoms with Crippen molar-refractivity contribution in [3.8, 4) is 0 Å². The fourth-order valence-electron chi connectivity index (χ4n) is 4.51. The number of aromatic amines is 1. The highest BCUT2D eigenvalue weighted by atomic mass is 16.2. The first-order valence-electron chi connectivity index (χ1n) is 9.97. The quantitative estimate of drug-likeness (QED) is 0.585. The molecule has 4 heterocycles. The minimum atomic E-state index is -0.152. The van der Waals surface area contributed by atoms with Crippen molar-refractivity contribution in [2.24, 2.45) is 7.05 Å². The average molecular weight is 389 g/mol. The number of benzene rings is 1. The number of nitrogens with one attached hydrogen (secondary N) is 1. The number of nitrogens with zero attached hydrogens (tertiary/aromatic N) is 4. The molecule has 3 aromatic heterocycles. The number of imidazole rings is 1. The minimum absolute atomic E-state index is 0.00231. The lowest BCUT2D eigenvalue weighted by Crippen LogP contribution is -2.41. The van der Waals surface area contributed by atoms with E-state index in [1.54, 1.807) is 22.4 Å². The molecule has 0 spiro atoms. The van der Waals surface area contributed by atoms with Gasteiger partial charge in [0.1, 0.15) is 12.2 Å². The van der Waals surface area contributed by atoms with Crippen LogP contribution >= 0.6 is 0 Å². The van der Waals surface area contributed by atoms with Crippen molar-refractivity contribution in [3.05, 3.63) is 64.8 Å². The molecule has 0 atom stereocenters. The van der Waals surface area contributed by atoms with Crippen LogP contribution in [0.15, 0.2) is 53.6 Å². The van der Waals surface area contributed by atoms with Crippen molar-refractivity contribution < 1.29 is 4.79 Å². The molecular formula is C22H23N5O2. The van der Waals surface area contributed by atoms with Gasteiger partial charge in [-0.05, 0) is 48.6 Å². The normalized spacial score (nSPS) is 15.4. The van der Waals surface area contributed by atoms with Gasteiger partial charge in [0.05, 0.1) is 11.0 Å². The van der Waals surface area contributed by atoms with E-state index in [9.17, 15) is 9.59 Å². The van der Waals surface area contributed by atoms with Gasteiger partial charge in [-0.1, -0.05) is 12.1 Å². The van der Waals surface area contributed by atoms with Gasteiger partial charge in [0, 0.05) is 37.9 Å². The molecule has 0 bridgehead atoms. The Morgan fingerprint density at radius 3 is 2.69 bits per heavy atom. The van der Waals surface area contributed by atoms with Gasteiger partial charge in [-0.2, -0.15) is 0 Å². The second-order valence-corrected chi connectivity index (χ2v) is 7.72. The van der Waals surface area contributed by atoms with Crippen molar-refractivity contribution in [2.45, 2.75) is 25.3 Å². The Kier molecular flexibility index (Phi) is 4.23. The number of para-hydroxylation sites is 2. The van der Waals surface area contributed by atoms with E-state index in [0.717, 1.165) is 29.5 Å². The Morgan fingerprint density at radius 1 is 1.14 bits per heavy atom. The summed E-state index contributed by atoms with van der Waals surface area (Å²) in [5, 5.41) is 1.17. The van der Waals surface area contributed by atoms with Gasteiger partial charge in [-0.25, -0.2) is 9.78 Å². The molecule has 5 rings (SSSR count). The van der Waals surface area contributed by atoms with Gasteiger partial charge in [0.2, 0.25) is 5.91 Å². The third kappa shape index (κ3) is 2.93. The maximum absolute atomic E-state index is 12.9. The number of hydrogen-bond donors (Lipinski definition) is 1. The largest absolute Gasteiger partial charge is 0.346 e. The van der Waals surface area contributed by atoms with Gasteiger partial charge < -0.3 is 9.88 Å². The Bertz CT molecular complexity index is 1260. The Balaban J connectivity index is 1.31. The second-order valence-electron chi connectivity index (χ2n) is 7.72. The summed E-state index contributed by atoms with van der Waals surface area (Å²) < 4.78 is 3.18. The number of likely N-dealkylation sites (tertiary alicyclic amines) is 1. The first-order chi connectivity index (χ1) is 14.1. The predicted molar refractivity (Wildman–Crippen MR) is 112 cm³/mol. The molecule has 29 heavy (non-hydrogen) atoms. The predicted octanol–water partition coefficient (Wildman–Crippen LogP) is 2.62. The zero-order valence-corrected chi connectivity index (χ0v) is 16.3. The third-order valence-corrected chi connectivity index (χ3v) is 6.12. The lowest BCUT2D eigenvalue weighted by molar-refractivity contribution is -0.132. The molecule has 0 radical (unpaired) electrons. The van der Waals surface area contributed by atoms with Crippen molar-refractivity contribution >= 4 is 28.0 Å². The molecule has 7 heteroatoms. The summed E-state index contributed by atoms with van der Waals surface area (Å²) in [5.41, 5.74) is 3.69. The molecule has 1 saturated heterocycles. The summed E-state index contributed by atoms with van der Waals surface area (Å²) in [6.07, 6.45) is 5.67. The van der Waals surface area contributed by atoms with E-state index >= 15 is 0 Å². The van der Waals surface area contributed by atoms with Crippen LogP contribution in [0.3, 0.4) is 0 Å². The van der Waals surface area contributed by atoms with E-state index in [4.69, 9.17) is 0 Å². The molecule has 0 aliphatic carbocycles. The van der Waals surface area contributed by atoms with Crippen molar-refractivity contribution in [1.82, 2.24) is 24.0 Å². The third-order valence-electron chi connectivity index (χ3n) is 6.12. The van der Waals surface area contributed by atoms with E-state index in [1.165, 1.54) is 10.9 Å². The molecule has 1 N–H and O–H groups in total. The fraction of sp³-hybridized carbons (Fsp3) is 0.318. The lowest BCUT2D eigenvalue weighted by Gasteiger charge is -2.32. The Labute approximate surface area is 167 Å². The summed E-state index contributed by atoms with van der Waals surface area (Å²) >= 11 is 0. The van der Waals surface area contributed by atoms with Gasteiger partial charge in [0.25, 0.3) is 0 Å². The van der Waals surface area contributed by atoms with Crippen LogP contribution in [0, 0.1) is 0 Å². The number of aromatic nitrogens is 4. The van der Waals surface area contributed by atoms with Gasteiger partial charge in [-0.3, -0.25) is 13.9 Å². The van der Waals surface area contributed by atoms with Crippen molar-refractivity contribution in [1.29, 1.82) is 0 Å². The smallest absolute Gasteiger partial charge is 0.329 e. The van der Waals surface area contributed by atoms with E-state index in [0.29, 0.717) is 19.0 Å². The fourth-order valence-corrected chi connectivity index (χ4v) is 4.51. The lowest BCUT2D eigenvalue weighted by atomic mass is 9.89. The molecular weight excluding hydrogens is 366 g/mol. The zero-order chi connectivity index (χ0) is 20.0. The topological polar surface area (TPSA) is 75.9 Å². The maximum Gasteiger partial charge on any atom is 0.329 e. The average Bonchev–Trinajstić information content (AvgIpc) is 3.29. The van der Waals surface area contributed by atoms with Gasteiger partial charge >= 0.3 is 5.69 Å². The van der Waals surface area contributed by atoms with E-state index in [-0.39, 0.29) is 18.1 Å². The number of aryl methyl sites for hydroxylation is 1.